The van der Waals surface area contributed by atoms with Gasteiger partial charge in [-0.15, -0.1) is 0 Å². The lowest BCUT2D eigenvalue weighted by molar-refractivity contribution is 0.100. The minimum Gasteiger partial charge on any atom is -0.493 e. The molecule has 0 heterocycles. The van der Waals surface area contributed by atoms with Crippen LogP contribution in [0.3, 0.4) is 0 Å². The summed E-state index contributed by atoms with van der Waals surface area (Å²) in [6.07, 6.45) is 0.0596. The van der Waals surface area contributed by atoms with E-state index in [1.54, 1.807) is 25.3 Å². The molecule has 1 aromatic carbocycles. The van der Waals surface area contributed by atoms with Gasteiger partial charge in [0.05, 0.1) is 18.7 Å². The van der Waals surface area contributed by atoms with Crippen molar-refractivity contribution in [3.63, 3.8) is 0 Å². The molecule has 0 N–H and O–H groups in total. The summed E-state index contributed by atoms with van der Waals surface area (Å²) in [6, 6.07) is 7.27. The second-order valence-corrected chi connectivity index (χ2v) is 5.10. The van der Waals surface area contributed by atoms with Gasteiger partial charge in [0, 0.05) is 6.07 Å². The summed E-state index contributed by atoms with van der Waals surface area (Å²) >= 11 is 0. The lowest BCUT2D eigenvalue weighted by Crippen LogP contribution is -2.28. The predicted octanol–water partition coefficient (Wildman–Crippen LogP) is 3.38. The SMILES string of the molecule is COc1cc(C#N)ccc1OC(C)C(C)(C)C. The Kier molecular flexibility index (Phi) is 4.01. The molecule has 0 aliphatic carbocycles. The van der Waals surface area contributed by atoms with E-state index in [9.17, 15) is 0 Å². The smallest absolute Gasteiger partial charge is 0.162 e. The number of nitriles is 1. The van der Waals surface area contributed by atoms with Crippen molar-refractivity contribution < 1.29 is 9.47 Å². The number of rotatable bonds is 3. The van der Waals surface area contributed by atoms with Crippen LogP contribution in [-0.2, 0) is 0 Å². The average molecular weight is 233 g/mol. The van der Waals surface area contributed by atoms with Gasteiger partial charge in [0.25, 0.3) is 0 Å². The first-order chi connectivity index (χ1) is 7.88. The van der Waals surface area contributed by atoms with Gasteiger partial charge in [-0.1, -0.05) is 20.8 Å². The molecule has 92 valence electrons. The van der Waals surface area contributed by atoms with Crippen LogP contribution in [0, 0.1) is 16.7 Å². The van der Waals surface area contributed by atoms with Crippen molar-refractivity contribution in [3.8, 4) is 17.6 Å². The van der Waals surface area contributed by atoms with E-state index in [4.69, 9.17) is 14.7 Å². The standard InChI is InChI=1S/C14H19NO2/c1-10(14(2,3)4)17-12-7-6-11(9-15)8-13(12)16-5/h6-8,10H,1-5H3. The molecule has 3 nitrogen and oxygen atoms in total. The van der Waals surface area contributed by atoms with E-state index >= 15 is 0 Å². The quantitative estimate of drug-likeness (QED) is 0.803. The third-order valence-corrected chi connectivity index (χ3v) is 2.82. The molecule has 0 spiro atoms. The fourth-order valence-electron chi connectivity index (χ4n) is 1.20. The molecular formula is C14H19NO2. The summed E-state index contributed by atoms with van der Waals surface area (Å²) in [6.45, 7) is 8.38. The van der Waals surface area contributed by atoms with E-state index in [2.05, 4.69) is 26.8 Å². The van der Waals surface area contributed by atoms with Crippen molar-refractivity contribution >= 4 is 0 Å². The topological polar surface area (TPSA) is 42.2 Å². The van der Waals surface area contributed by atoms with Crippen molar-refractivity contribution in [2.45, 2.75) is 33.8 Å². The Morgan fingerprint density at radius 1 is 1.24 bits per heavy atom. The van der Waals surface area contributed by atoms with Crippen LogP contribution in [-0.4, -0.2) is 13.2 Å². The predicted molar refractivity (Wildman–Crippen MR) is 67.3 cm³/mol. The monoisotopic (exact) mass is 233 g/mol. The van der Waals surface area contributed by atoms with E-state index in [1.165, 1.54) is 0 Å². The van der Waals surface area contributed by atoms with Crippen LogP contribution in [0.2, 0.25) is 0 Å². The summed E-state index contributed by atoms with van der Waals surface area (Å²) < 4.78 is 11.1. The third-order valence-electron chi connectivity index (χ3n) is 2.82. The zero-order valence-corrected chi connectivity index (χ0v) is 11.1. The molecule has 1 atom stereocenters. The molecule has 0 fully saturated rings. The molecule has 0 radical (unpaired) electrons. The molecule has 1 aromatic rings. The molecule has 17 heavy (non-hydrogen) atoms. The van der Waals surface area contributed by atoms with Gasteiger partial charge in [0.2, 0.25) is 0 Å². The Balaban J connectivity index is 2.96. The van der Waals surface area contributed by atoms with Gasteiger partial charge in [-0.05, 0) is 24.5 Å². The highest BCUT2D eigenvalue weighted by Gasteiger charge is 2.22. The highest BCUT2D eigenvalue weighted by Crippen LogP contribution is 2.32. The third kappa shape index (κ3) is 3.39. The number of hydrogen-bond acceptors (Lipinski definition) is 3. The zero-order valence-electron chi connectivity index (χ0n) is 11.1. The summed E-state index contributed by atoms with van der Waals surface area (Å²) in [7, 11) is 1.57. The molecule has 0 aliphatic heterocycles. The van der Waals surface area contributed by atoms with E-state index in [1.807, 2.05) is 6.92 Å². The van der Waals surface area contributed by atoms with E-state index in [0.717, 1.165) is 0 Å². The zero-order chi connectivity index (χ0) is 13.1. The number of methoxy groups -OCH3 is 1. The number of hydrogen-bond donors (Lipinski definition) is 0. The molecule has 0 saturated carbocycles. The molecule has 0 bridgehead atoms. The van der Waals surface area contributed by atoms with Gasteiger partial charge in [-0.25, -0.2) is 0 Å². The van der Waals surface area contributed by atoms with Gasteiger partial charge < -0.3 is 9.47 Å². The maximum absolute atomic E-state index is 8.81. The van der Waals surface area contributed by atoms with E-state index in [-0.39, 0.29) is 11.5 Å². The normalized spacial score (nSPS) is 12.7. The molecule has 0 amide bonds. The summed E-state index contributed by atoms with van der Waals surface area (Å²) in [4.78, 5) is 0. The second-order valence-electron chi connectivity index (χ2n) is 5.10. The van der Waals surface area contributed by atoms with Gasteiger partial charge in [-0.2, -0.15) is 5.26 Å². The molecule has 0 saturated heterocycles. The van der Waals surface area contributed by atoms with Crippen LogP contribution in [0.5, 0.6) is 11.5 Å². The number of benzene rings is 1. The van der Waals surface area contributed by atoms with Crippen molar-refractivity contribution in [3.05, 3.63) is 23.8 Å². The fraction of sp³-hybridized carbons (Fsp3) is 0.500. The highest BCUT2D eigenvalue weighted by molar-refractivity contribution is 5.46. The molecule has 0 aromatic heterocycles. The van der Waals surface area contributed by atoms with Gasteiger partial charge in [0.1, 0.15) is 6.10 Å². The van der Waals surface area contributed by atoms with Crippen LogP contribution in [0.1, 0.15) is 33.3 Å². The summed E-state index contributed by atoms with van der Waals surface area (Å²) in [5, 5.41) is 8.81. The number of nitrogens with zero attached hydrogens (tertiary/aromatic N) is 1. The lowest BCUT2D eigenvalue weighted by atomic mass is 9.90. The molecular weight excluding hydrogens is 214 g/mol. The van der Waals surface area contributed by atoms with E-state index < -0.39 is 0 Å². The minimum absolute atomic E-state index is 0.0545. The van der Waals surface area contributed by atoms with Crippen LogP contribution in [0.25, 0.3) is 0 Å². The Hall–Kier alpha value is -1.69. The second kappa shape index (κ2) is 5.09. The maximum atomic E-state index is 8.81. The highest BCUT2D eigenvalue weighted by atomic mass is 16.5. The lowest BCUT2D eigenvalue weighted by Gasteiger charge is -2.28. The average Bonchev–Trinajstić information content (AvgIpc) is 2.28. The molecule has 1 unspecified atom stereocenters. The van der Waals surface area contributed by atoms with Crippen LogP contribution in [0.4, 0.5) is 0 Å². The van der Waals surface area contributed by atoms with Crippen molar-refractivity contribution in [2.24, 2.45) is 5.41 Å². The van der Waals surface area contributed by atoms with Gasteiger partial charge >= 0.3 is 0 Å². The largest absolute Gasteiger partial charge is 0.493 e. The van der Waals surface area contributed by atoms with Crippen molar-refractivity contribution in [1.82, 2.24) is 0 Å². The maximum Gasteiger partial charge on any atom is 0.162 e. The van der Waals surface area contributed by atoms with Crippen LogP contribution in [0.15, 0.2) is 18.2 Å². The Morgan fingerprint density at radius 2 is 1.88 bits per heavy atom. The minimum atomic E-state index is 0.0545. The number of ether oxygens (including phenoxy) is 2. The first-order valence-electron chi connectivity index (χ1n) is 5.63. The van der Waals surface area contributed by atoms with Gasteiger partial charge in [0.15, 0.2) is 11.5 Å². The van der Waals surface area contributed by atoms with Crippen molar-refractivity contribution in [1.29, 1.82) is 5.26 Å². The Morgan fingerprint density at radius 3 is 2.35 bits per heavy atom. The first kappa shape index (κ1) is 13.4. The molecule has 1 rings (SSSR count). The Bertz CT molecular complexity index is 427. The first-order valence-corrected chi connectivity index (χ1v) is 5.63. The fourth-order valence-corrected chi connectivity index (χ4v) is 1.20. The molecule has 3 heteroatoms. The van der Waals surface area contributed by atoms with Crippen LogP contribution < -0.4 is 9.47 Å². The summed E-state index contributed by atoms with van der Waals surface area (Å²) in [5.74, 6) is 1.27. The molecule has 0 aliphatic rings. The van der Waals surface area contributed by atoms with E-state index in [0.29, 0.717) is 17.1 Å². The van der Waals surface area contributed by atoms with Crippen molar-refractivity contribution in [2.75, 3.05) is 7.11 Å². The van der Waals surface area contributed by atoms with Gasteiger partial charge in [-0.3, -0.25) is 0 Å². The Labute approximate surface area is 103 Å². The van der Waals surface area contributed by atoms with Crippen LogP contribution >= 0.6 is 0 Å². The summed E-state index contributed by atoms with van der Waals surface area (Å²) in [5.41, 5.74) is 0.622.